The van der Waals surface area contributed by atoms with Crippen LogP contribution in [0.15, 0.2) is 41.4 Å². The third-order valence-corrected chi connectivity index (χ3v) is 2.51. The Bertz CT molecular complexity index is 279. The van der Waals surface area contributed by atoms with Crippen molar-refractivity contribution in [3.63, 3.8) is 0 Å². The van der Waals surface area contributed by atoms with Crippen molar-refractivity contribution in [2.75, 3.05) is 6.54 Å². The van der Waals surface area contributed by atoms with Gasteiger partial charge in [-0.15, -0.1) is 0 Å². The number of hydrogen-bond acceptors (Lipinski definition) is 1. The molecule has 1 aromatic carbocycles. The van der Waals surface area contributed by atoms with Gasteiger partial charge in [-0.2, -0.15) is 0 Å². The van der Waals surface area contributed by atoms with Crippen molar-refractivity contribution in [3.8, 4) is 0 Å². The van der Waals surface area contributed by atoms with Crippen molar-refractivity contribution in [2.45, 2.75) is 12.8 Å². The van der Waals surface area contributed by atoms with Gasteiger partial charge in [0.2, 0.25) is 0 Å². The second-order valence-electron chi connectivity index (χ2n) is 3.02. The number of rotatable bonds is 3. The van der Waals surface area contributed by atoms with Gasteiger partial charge in [-0.1, -0.05) is 48.9 Å². The minimum absolute atomic E-state index is 0.309. The highest BCUT2D eigenvalue weighted by Crippen LogP contribution is 2.22. The molecule has 2 N–H and O–H groups in total. The third-order valence-electron chi connectivity index (χ3n) is 2.23. The van der Waals surface area contributed by atoms with Crippen molar-refractivity contribution < 1.29 is 0 Å². The molecule has 0 fully saturated rings. The Morgan fingerprint density at radius 2 is 2.08 bits per heavy atom. The summed E-state index contributed by atoms with van der Waals surface area (Å²) in [5.41, 5.74) is 9.46. The summed E-state index contributed by atoms with van der Waals surface area (Å²) in [5.74, 6) is 0.309. The summed E-state index contributed by atoms with van der Waals surface area (Å²) >= 11 is 5.67. The summed E-state index contributed by atoms with van der Waals surface area (Å²) in [6.45, 7) is 2.62. The molecular formula is C11H14ClN. The largest absolute Gasteiger partial charge is 0.327 e. The summed E-state index contributed by atoms with van der Waals surface area (Å²) in [4.78, 5) is 0. The van der Waals surface area contributed by atoms with Crippen LogP contribution in [0.5, 0.6) is 0 Å². The van der Waals surface area contributed by atoms with E-state index >= 15 is 0 Å². The zero-order valence-electron chi connectivity index (χ0n) is 7.70. The lowest BCUT2D eigenvalue weighted by Gasteiger charge is -2.13. The average Bonchev–Trinajstić information content (AvgIpc) is 2.21. The van der Waals surface area contributed by atoms with Crippen molar-refractivity contribution in [3.05, 3.63) is 47.0 Å². The molecule has 0 bridgehead atoms. The molecule has 1 aromatic rings. The predicted molar refractivity (Wildman–Crippen MR) is 57.8 cm³/mol. The lowest BCUT2D eigenvalue weighted by molar-refractivity contribution is 0.859. The average molecular weight is 196 g/mol. The van der Waals surface area contributed by atoms with Gasteiger partial charge in [-0.3, -0.25) is 0 Å². The molecular weight excluding hydrogens is 182 g/mol. The lowest BCUT2D eigenvalue weighted by Crippen LogP contribution is -2.09. The Balaban J connectivity index is 2.85. The fourth-order valence-electron chi connectivity index (χ4n) is 1.27. The number of halogens is 1. The Labute approximate surface area is 84.2 Å². The van der Waals surface area contributed by atoms with Crippen LogP contribution in [0.25, 0.3) is 0 Å². The van der Waals surface area contributed by atoms with Crippen LogP contribution in [0.4, 0.5) is 0 Å². The summed E-state index contributed by atoms with van der Waals surface area (Å²) in [6.07, 6.45) is 0. The molecule has 0 aliphatic rings. The van der Waals surface area contributed by atoms with Gasteiger partial charge in [0.15, 0.2) is 0 Å². The summed E-state index contributed by atoms with van der Waals surface area (Å²) in [6, 6.07) is 10.2. The number of nitrogens with two attached hydrogens (primary N) is 1. The molecule has 0 radical (unpaired) electrons. The molecule has 2 heteroatoms. The number of benzene rings is 1. The van der Waals surface area contributed by atoms with Gasteiger partial charge in [0.05, 0.1) is 0 Å². The minimum atomic E-state index is 0.309. The zero-order chi connectivity index (χ0) is 9.68. The maximum absolute atomic E-state index is 5.67. The molecule has 0 heterocycles. The number of hydrogen-bond donors (Lipinski definition) is 1. The molecule has 1 rings (SSSR count). The van der Waals surface area contributed by atoms with E-state index in [-0.39, 0.29) is 0 Å². The Morgan fingerprint density at radius 1 is 1.46 bits per heavy atom. The van der Waals surface area contributed by atoms with Crippen LogP contribution >= 0.6 is 11.6 Å². The van der Waals surface area contributed by atoms with Crippen LogP contribution in [0.3, 0.4) is 0 Å². The minimum Gasteiger partial charge on any atom is -0.327 e. The molecule has 0 amide bonds. The van der Waals surface area contributed by atoms with E-state index in [1.807, 2.05) is 18.2 Å². The highest BCUT2D eigenvalue weighted by Gasteiger charge is 2.08. The molecule has 0 saturated carbocycles. The molecule has 0 saturated heterocycles. The van der Waals surface area contributed by atoms with Gasteiger partial charge >= 0.3 is 0 Å². The van der Waals surface area contributed by atoms with Crippen molar-refractivity contribution in [2.24, 2.45) is 5.73 Å². The van der Waals surface area contributed by atoms with Gasteiger partial charge < -0.3 is 5.73 Å². The van der Waals surface area contributed by atoms with E-state index in [4.69, 9.17) is 17.3 Å². The van der Waals surface area contributed by atoms with E-state index in [2.05, 4.69) is 19.1 Å². The first kappa shape index (κ1) is 10.3. The zero-order valence-corrected chi connectivity index (χ0v) is 8.46. The van der Waals surface area contributed by atoms with Gasteiger partial charge in [-0.25, -0.2) is 0 Å². The third kappa shape index (κ3) is 2.58. The Kier molecular flexibility index (Phi) is 4.00. The van der Waals surface area contributed by atoms with E-state index in [1.54, 1.807) is 5.54 Å². The van der Waals surface area contributed by atoms with Crippen LogP contribution in [0.1, 0.15) is 18.4 Å². The van der Waals surface area contributed by atoms with Gasteiger partial charge in [0, 0.05) is 18.0 Å². The molecule has 13 heavy (non-hydrogen) atoms. The normalized spacial score (nSPS) is 14.2. The van der Waals surface area contributed by atoms with Crippen LogP contribution in [-0.2, 0) is 0 Å². The van der Waals surface area contributed by atoms with Crippen molar-refractivity contribution in [1.29, 1.82) is 0 Å². The van der Waals surface area contributed by atoms with E-state index in [0.717, 1.165) is 5.57 Å². The maximum Gasteiger partial charge on any atom is 0.0154 e. The fraction of sp³-hybridized carbons (Fsp3) is 0.273. The molecule has 0 spiro atoms. The summed E-state index contributed by atoms with van der Waals surface area (Å²) in [7, 11) is 0. The molecule has 0 aliphatic heterocycles. The predicted octanol–water partition coefficient (Wildman–Crippen LogP) is 2.87. The van der Waals surface area contributed by atoms with Gasteiger partial charge in [0.25, 0.3) is 0 Å². The molecule has 0 aliphatic carbocycles. The van der Waals surface area contributed by atoms with Gasteiger partial charge in [0.1, 0.15) is 0 Å². The maximum atomic E-state index is 5.67. The molecule has 1 nitrogen and oxygen atoms in total. The van der Waals surface area contributed by atoms with Crippen LogP contribution in [-0.4, -0.2) is 6.54 Å². The Morgan fingerprint density at radius 3 is 2.54 bits per heavy atom. The first-order chi connectivity index (χ1) is 6.29. The van der Waals surface area contributed by atoms with Crippen LogP contribution < -0.4 is 5.73 Å². The van der Waals surface area contributed by atoms with E-state index in [0.29, 0.717) is 12.5 Å². The highest BCUT2D eigenvalue weighted by atomic mass is 35.5. The molecule has 0 aromatic heterocycles. The first-order valence-electron chi connectivity index (χ1n) is 4.33. The van der Waals surface area contributed by atoms with Crippen LogP contribution in [0.2, 0.25) is 0 Å². The van der Waals surface area contributed by atoms with Gasteiger partial charge in [-0.05, 0) is 11.1 Å². The smallest absolute Gasteiger partial charge is 0.0154 e. The molecule has 1 atom stereocenters. The topological polar surface area (TPSA) is 26.0 Å². The monoisotopic (exact) mass is 195 g/mol. The lowest BCUT2D eigenvalue weighted by atomic mass is 9.94. The van der Waals surface area contributed by atoms with Crippen LogP contribution in [0, 0.1) is 0 Å². The quantitative estimate of drug-likeness (QED) is 0.789. The Hall–Kier alpha value is -0.790. The molecule has 1 unspecified atom stereocenters. The standard InChI is InChI=1S/C11H14ClN/c1-9(11(7-12)8-13)10-5-3-2-4-6-10/h2-7,9H,8,13H2,1H3/b11-7-. The SMILES string of the molecule is CC(/C(=C\Cl)CN)c1ccccc1. The van der Waals surface area contributed by atoms with E-state index < -0.39 is 0 Å². The summed E-state index contributed by atoms with van der Waals surface area (Å²) < 4.78 is 0. The molecule has 70 valence electrons. The second-order valence-corrected chi connectivity index (χ2v) is 3.24. The summed E-state index contributed by atoms with van der Waals surface area (Å²) in [5, 5.41) is 0. The van der Waals surface area contributed by atoms with E-state index in [9.17, 15) is 0 Å². The second kappa shape index (κ2) is 5.05. The van der Waals surface area contributed by atoms with Crippen molar-refractivity contribution >= 4 is 11.6 Å². The fourth-order valence-corrected chi connectivity index (χ4v) is 1.55. The highest BCUT2D eigenvalue weighted by molar-refractivity contribution is 6.25. The van der Waals surface area contributed by atoms with E-state index in [1.165, 1.54) is 5.56 Å². The van der Waals surface area contributed by atoms with Crippen molar-refractivity contribution in [1.82, 2.24) is 0 Å². The first-order valence-corrected chi connectivity index (χ1v) is 4.77.